The molecule has 0 saturated carbocycles. The van der Waals surface area contributed by atoms with E-state index in [1.54, 1.807) is 6.92 Å². The Labute approximate surface area is 59.8 Å². The highest BCUT2D eigenvalue weighted by molar-refractivity contribution is 7.84. The molecule has 0 aliphatic rings. The van der Waals surface area contributed by atoms with Crippen LogP contribution in [0.4, 0.5) is 0 Å². The van der Waals surface area contributed by atoms with Crippen molar-refractivity contribution in [2.45, 2.75) is 13.3 Å². The van der Waals surface area contributed by atoms with Gasteiger partial charge in [0.15, 0.2) is 0 Å². The summed E-state index contributed by atoms with van der Waals surface area (Å²) in [5.41, 5.74) is 0.880. The van der Waals surface area contributed by atoms with E-state index in [2.05, 4.69) is 6.58 Å². The quantitative estimate of drug-likeness (QED) is 0.519. The molecule has 0 radical (unpaired) electrons. The third-order valence-electron chi connectivity index (χ3n) is 0.814. The van der Waals surface area contributed by atoms with Crippen LogP contribution < -0.4 is 0 Å². The predicted octanol–water partition coefficient (Wildman–Crippen LogP) is 2.38. The van der Waals surface area contributed by atoms with Crippen molar-refractivity contribution in [3.63, 3.8) is 0 Å². The summed E-state index contributed by atoms with van der Waals surface area (Å²) in [5.74, 6) is 0. The van der Waals surface area contributed by atoms with Crippen molar-refractivity contribution in [3.8, 4) is 0 Å². The van der Waals surface area contributed by atoms with Crippen LogP contribution in [0.3, 0.4) is 0 Å². The molecule has 0 aliphatic heterocycles. The zero-order valence-electron chi connectivity index (χ0n) is 5.30. The predicted molar refractivity (Wildman–Crippen MR) is 40.0 cm³/mol. The summed E-state index contributed by atoms with van der Waals surface area (Å²) >= 11 is 5.05. The lowest BCUT2D eigenvalue weighted by molar-refractivity contribution is 0.495. The SMILES string of the molecule is C=C(C)CCP(=O)(O)Cl. The molecule has 1 atom stereocenters. The van der Waals surface area contributed by atoms with Crippen LogP contribution in [0.25, 0.3) is 0 Å². The molecule has 0 aliphatic carbocycles. The summed E-state index contributed by atoms with van der Waals surface area (Å²) in [4.78, 5) is 8.55. The number of allylic oxidation sites excluding steroid dienone is 1. The molecule has 0 spiro atoms. The van der Waals surface area contributed by atoms with Crippen LogP contribution in [-0.4, -0.2) is 11.1 Å². The van der Waals surface area contributed by atoms with Gasteiger partial charge in [-0.2, -0.15) is 0 Å². The fourth-order valence-electron chi connectivity index (χ4n) is 0.329. The van der Waals surface area contributed by atoms with Gasteiger partial charge in [-0.3, -0.25) is 4.57 Å². The lowest BCUT2D eigenvalue weighted by atomic mass is 10.3. The maximum Gasteiger partial charge on any atom is 0.287 e. The smallest absolute Gasteiger partial charge is 0.287 e. The number of hydrogen-bond acceptors (Lipinski definition) is 1. The van der Waals surface area contributed by atoms with Gasteiger partial charge in [-0.1, -0.05) is 5.57 Å². The zero-order chi connectivity index (χ0) is 7.49. The Morgan fingerprint density at radius 2 is 2.33 bits per heavy atom. The van der Waals surface area contributed by atoms with E-state index >= 15 is 0 Å². The van der Waals surface area contributed by atoms with Gasteiger partial charge in [0, 0.05) is 6.16 Å². The summed E-state index contributed by atoms with van der Waals surface area (Å²) in [6, 6.07) is 0. The van der Waals surface area contributed by atoms with E-state index in [4.69, 9.17) is 16.1 Å². The van der Waals surface area contributed by atoms with Crippen LogP contribution in [0, 0.1) is 0 Å². The Morgan fingerprint density at radius 3 is 2.44 bits per heavy atom. The van der Waals surface area contributed by atoms with Gasteiger partial charge in [0.05, 0.1) is 0 Å². The third-order valence-corrected chi connectivity index (χ3v) is 2.10. The molecule has 0 amide bonds. The van der Waals surface area contributed by atoms with Crippen LogP contribution in [0.15, 0.2) is 12.2 Å². The fraction of sp³-hybridized carbons (Fsp3) is 0.600. The molecule has 0 fully saturated rings. The molecular weight excluding hydrogens is 158 g/mol. The zero-order valence-corrected chi connectivity index (χ0v) is 6.95. The highest BCUT2D eigenvalue weighted by atomic mass is 35.7. The van der Waals surface area contributed by atoms with Crippen LogP contribution in [0.2, 0.25) is 0 Å². The Hall–Kier alpha value is 0.220. The molecule has 1 unspecified atom stereocenters. The first kappa shape index (κ1) is 9.22. The second kappa shape index (κ2) is 3.40. The topological polar surface area (TPSA) is 37.3 Å². The van der Waals surface area contributed by atoms with Crippen molar-refractivity contribution in [2.24, 2.45) is 0 Å². The molecule has 0 bridgehead atoms. The van der Waals surface area contributed by atoms with Gasteiger partial charge in [-0.15, -0.1) is 6.58 Å². The third kappa shape index (κ3) is 8.22. The van der Waals surface area contributed by atoms with E-state index in [0.29, 0.717) is 6.42 Å². The van der Waals surface area contributed by atoms with Gasteiger partial charge in [0.25, 0.3) is 6.72 Å². The van der Waals surface area contributed by atoms with E-state index in [-0.39, 0.29) is 6.16 Å². The monoisotopic (exact) mass is 168 g/mol. The average Bonchev–Trinajstić information content (AvgIpc) is 1.59. The second-order valence-electron chi connectivity index (χ2n) is 2.05. The number of rotatable bonds is 3. The summed E-state index contributed by atoms with van der Waals surface area (Å²) < 4.78 is 10.4. The summed E-state index contributed by atoms with van der Waals surface area (Å²) in [6.45, 7) is 2.06. The minimum absolute atomic E-state index is 0.129. The first-order valence-electron chi connectivity index (χ1n) is 2.57. The van der Waals surface area contributed by atoms with E-state index in [1.807, 2.05) is 0 Å². The molecular formula is C5H10ClO2P. The molecule has 0 aromatic heterocycles. The van der Waals surface area contributed by atoms with Crippen LogP contribution in [0.1, 0.15) is 13.3 Å². The largest absolute Gasteiger partial charge is 0.333 e. The average molecular weight is 169 g/mol. The maximum absolute atomic E-state index is 10.4. The fourth-order valence-corrected chi connectivity index (χ4v) is 1.24. The van der Waals surface area contributed by atoms with Gasteiger partial charge in [-0.25, -0.2) is 0 Å². The van der Waals surface area contributed by atoms with E-state index < -0.39 is 6.72 Å². The number of halogens is 1. The standard InChI is InChI=1S/C5H10ClO2P/c1-5(2)3-4-9(6,7)8/h1,3-4H2,2H3,(H,7,8). The van der Waals surface area contributed by atoms with Crippen LogP contribution >= 0.6 is 18.0 Å². The van der Waals surface area contributed by atoms with Crippen LogP contribution in [0.5, 0.6) is 0 Å². The Balaban J connectivity index is 3.53. The summed E-state index contributed by atoms with van der Waals surface area (Å²) in [5, 5.41) is 0. The Bertz CT molecular complexity index is 149. The Morgan fingerprint density at radius 1 is 1.89 bits per heavy atom. The second-order valence-corrected chi connectivity index (χ2v) is 5.31. The van der Waals surface area contributed by atoms with Crippen molar-refractivity contribution in [1.82, 2.24) is 0 Å². The summed E-state index contributed by atoms with van der Waals surface area (Å²) in [6.07, 6.45) is 0.654. The van der Waals surface area contributed by atoms with Crippen molar-refractivity contribution >= 4 is 18.0 Å². The van der Waals surface area contributed by atoms with Crippen molar-refractivity contribution in [2.75, 3.05) is 6.16 Å². The molecule has 0 rings (SSSR count). The number of hydrogen-bond donors (Lipinski definition) is 1. The first-order valence-corrected chi connectivity index (χ1v) is 5.32. The minimum atomic E-state index is -3.31. The normalized spacial score (nSPS) is 16.8. The molecule has 54 valence electrons. The molecule has 1 N–H and O–H groups in total. The Kier molecular flexibility index (Phi) is 3.49. The highest BCUT2D eigenvalue weighted by Gasteiger charge is 2.11. The molecule has 9 heavy (non-hydrogen) atoms. The van der Waals surface area contributed by atoms with Gasteiger partial charge in [0.1, 0.15) is 0 Å². The van der Waals surface area contributed by atoms with E-state index in [0.717, 1.165) is 5.57 Å². The molecule has 0 aromatic carbocycles. The molecule has 0 heterocycles. The van der Waals surface area contributed by atoms with Gasteiger partial charge < -0.3 is 4.89 Å². The van der Waals surface area contributed by atoms with Crippen molar-refractivity contribution < 1.29 is 9.46 Å². The van der Waals surface area contributed by atoms with Gasteiger partial charge in [-0.05, 0) is 24.6 Å². The maximum atomic E-state index is 10.4. The highest BCUT2D eigenvalue weighted by Crippen LogP contribution is 2.47. The van der Waals surface area contributed by atoms with Crippen molar-refractivity contribution in [3.05, 3.63) is 12.2 Å². The van der Waals surface area contributed by atoms with Gasteiger partial charge >= 0.3 is 0 Å². The summed E-state index contributed by atoms with van der Waals surface area (Å²) in [7, 11) is 0. The van der Waals surface area contributed by atoms with Crippen LogP contribution in [-0.2, 0) is 4.57 Å². The minimum Gasteiger partial charge on any atom is -0.333 e. The molecule has 4 heteroatoms. The van der Waals surface area contributed by atoms with Crippen molar-refractivity contribution in [1.29, 1.82) is 0 Å². The molecule has 0 aromatic rings. The van der Waals surface area contributed by atoms with E-state index in [1.165, 1.54) is 0 Å². The lowest BCUT2D eigenvalue weighted by Gasteiger charge is -2.00. The molecule has 0 saturated heterocycles. The first-order chi connectivity index (χ1) is 3.92. The van der Waals surface area contributed by atoms with E-state index in [9.17, 15) is 4.57 Å². The van der Waals surface area contributed by atoms with Gasteiger partial charge in [0.2, 0.25) is 0 Å². The molecule has 2 nitrogen and oxygen atoms in total. The lowest BCUT2D eigenvalue weighted by Crippen LogP contribution is -1.82.